The first-order valence-electron chi connectivity index (χ1n) is 5.96. The molecule has 100 valence electrons. The van der Waals surface area contributed by atoms with Gasteiger partial charge in [-0.25, -0.2) is 4.90 Å². The summed E-state index contributed by atoms with van der Waals surface area (Å²) in [5, 5.41) is 0.439. The van der Waals surface area contributed by atoms with E-state index in [2.05, 4.69) is 0 Å². The first-order chi connectivity index (χ1) is 9.65. The van der Waals surface area contributed by atoms with E-state index in [-0.39, 0.29) is 17.7 Å². The molecular weight excluding hydrogens is 297 g/mol. The molecule has 2 aromatic rings. The van der Waals surface area contributed by atoms with Crippen LogP contribution in [0.25, 0.3) is 0 Å². The molecule has 1 aliphatic rings. The average Bonchev–Trinajstić information content (AvgIpc) is 2.71. The van der Waals surface area contributed by atoms with E-state index in [1.54, 1.807) is 42.5 Å². The van der Waals surface area contributed by atoms with Crippen molar-refractivity contribution >= 4 is 40.7 Å². The molecule has 2 amide bonds. The van der Waals surface area contributed by atoms with Crippen molar-refractivity contribution in [1.29, 1.82) is 0 Å². The standard InChI is InChI=1S/C15H9Cl2NO2/c16-8-11-12(17)6-3-7-13(11)18-14(19)9-4-1-2-5-10(9)15(18)20/h1-7H,8H2. The maximum atomic E-state index is 12.4. The van der Waals surface area contributed by atoms with Crippen molar-refractivity contribution < 1.29 is 9.59 Å². The topological polar surface area (TPSA) is 37.4 Å². The molecule has 20 heavy (non-hydrogen) atoms. The van der Waals surface area contributed by atoms with Gasteiger partial charge in [-0.1, -0.05) is 29.8 Å². The molecule has 0 radical (unpaired) electrons. The number of carbonyl (C=O) groups is 2. The lowest BCUT2D eigenvalue weighted by atomic mass is 10.1. The van der Waals surface area contributed by atoms with Crippen LogP contribution >= 0.6 is 23.2 Å². The Kier molecular flexibility index (Phi) is 3.24. The second-order valence-corrected chi connectivity index (χ2v) is 5.04. The quantitative estimate of drug-likeness (QED) is 0.624. The fourth-order valence-electron chi connectivity index (χ4n) is 2.30. The number of fused-ring (bicyclic) bond motifs is 1. The summed E-state index contributed by atoms with van der Waals surface area (Å²) in [5.41, 5.74) is 1.82. The number of hydrogen-bond acceptors (Lipinski definition) is 2. The molecule has 2 aromatic carbocycles. The Morgan fingerprint density at radius 3 is 2.05 bits per heavy atom. The summed E-state index contributed by atoms with van der Waals surface area (Å²) in [7, 11) is 0. The number of amides is 2. The Hall–Kier alpha value is -1.84. The average molecular weight is 306 g/mol. The minimum atomic E-state index is -0.348. The Morgan fingerprint density at radius 1 is 0.900 bits per heavy atom. The second-order valence-electron chi connectivity index (χ2n) is 4.36. The highest BCUT2D eigenvalue weighted by Gasteiger charge is 2.37. The molecule has 0 atom stereocenters. The molecule has 0 saturated heterocycles. The molecule has 0 aromatic heterocycles. The summed E-state index contributed by atoms with van der Waals surface area (Å²) in [4.78, 5) is 25.9. The number of hydrogen-bond donors (Lipinski definition) is 0. The van der Waals surface area contributed by atoms with Crippen molar-refractivity contribution in [3.05, 3.63) is 64.2 Å². The molecule has 3 nitrogen and oxygen atoms in total. The van der Waals surface area contributed by atoms with Crippen molar-refractivity contribution in [3.8, 4) is 0 Å². The highest BCUT2D eigenvalue weighted by Crippen LogP contribution is 2.34. The second kappa shape index (κ2) is 4.93. The van der Waals surface area contributed by atoms with Gasteiger partial charge in [0, 0.05) is 10.6 Å². The summed E-state index contributed by atoms with van der Waals surface area (Å²) in [6, 6.07) is 11.8. The zero-order chi connectivity index (χ0) is 14.3. The highest BCUT2D eigenvalue weighted by atomic mass is 35.5. The zero-order valence-electron chi connectivity index (χ0n) is 10.3. The number of alkyl halides is 1. The van der Waals surface area contributed by atoms with E-state index in [4.69, 9.17) is 23.2 Å². The number of anilines is 1. The summed E-state index contributed by atoms with van der Waals surface area (Å²) in [6.45, 7) is 0. The van der Waals surface area contributed by atoms with E-state index >= 15 is 0 Å². The number of imide groups is 1. The third kappa shape index (κ3) is 1.82. The molecule has 1 heterocycles. The molecule has 1 aliphatic heterocycles. The lowest BCUT2D eigenvalue weighted by Crippen LogP contribution is -2.30. The Morgan fingerprint density at radius 2 is 1.50 bits per heavy atom. The van der Waals surface area contributed by atoms with Gasteiger partial charge in [-0.05, 0) is 24.3 Å². The van der Waals surface area contributed by atoms with Crippen molar-refractivity contribution in [1.82, 2.24) is 0 Å². The van der Waals surface area contributed by atoms with Crippen LogP contribution in [0.1, 0.15) is 26.3 Å². The van der Waals surface area contributed by atoms with E-state index in [1.807, 2.05) is 0 Å². The van der Waals surface area contributed by atoms with Gasteiger partial charge >= 0.3 is 0 Å². The van der Waals surface area contributed by atoms with Gasteiger partial charge in [0.1, 0.15) is 0 Å². The van der Waals surface area contributed by atoms with Crippen LogP contribution in [0.3, 0.4) is 0 Å². The van der Waals surface area contributed by atoms with Crippen LogP contribution in [-0.2, 0) is 5.88 Å². The number of benzene rings is 2. The van der Waals surface area contributed by atoms with Gasteiger partial charge in [-0.3, -0.25) is 9.59 Å². The van der Waals surface area contributed by atoms with Crippen LogP contribution in [0.5, 0.6) is 0 Å². The van der Waals surface area contributed by atoms with Crippen LogP contribution in [-0.4, -0.2) is 11.8 Å². The van der Waals surface area contributed by atoms with Crippen LogP contribution in [0.4, 0.5) is 5.69 Å². The molecule has 0 unspecified atom stereocenters. The maximum absolute atomic E-state index is 12.4. The molecule has 0 bridgehead atoms. The third-order valence-electron chi connectivity index (χ3n) is 3.26. The predicted octanol–water partition coefficient (Wildman–Crippen LogP) is 3.88. The van der Waals surface area contributed by atoms with Crippen LogP contribution in [0, 0.1) is 0 Å². The Balaban J connectivity index is 2.17. The lowest BCUT2D eigenvalue weighted by molar-refractivity contribution is 0.0926. The third-order valence-corrected chi connectivity index (χ3v) is 3.88. The van der Waals surface area contributed by atoms with Gasteiger partial charge in [-0.2, -0.15) is 0 Å². The molecule has 5 heteroatoms. The number of carbonyl (C=O) groups excluding carboxylic acids is 2. The molecule has 0 fully saturated rings. The number of nitrogens with zero attached hydrogens (tertiary/aromatic N) is 1. The smallest absolute Gasteiger partial charge is 0.266 e. The predicted molar refractivity (Wildman–Crippen MR) is 78.6 cm³/mol. The van der Waals surface area contributed by atoms with Crippen LogP contribution in [0.15, 0.2) is 42.5 Å². The lowest BCUT2D eigenvalue weighted by Gasteiger charge is -2.18. The van der Waals surface area contributed by atoms with E-state index in [9.17, 15) is 9.59 Å². The van der Waals surface area contributed by atoms with Gasteiger partial charge < -0.3 is 0 Å². The highest BCUT2D eigenvalue weighted by molar-refractivity contribution is 6.37. The van der Waals surface area contributed by atoms with Gasteiger partial charge in [0.25, 0.3) is 11.8 Å². The van der Waals surface area contributed by atoms with E-state index < -0.39 is 0 Å². The maximum Gasteiger partial charge on any atom is 0.266 e. The van der Waals surface area contributed by atoms with Crippen LogP contribution in [0.2, 0.25) is 5.02 Å². The number of rotatable bonds is 2. The summed E-state index contributed by atoms with van der Waals surface area (Å²) in [5.74, 6) is -0.568. The molecule has 3 rings (SSSR count). The zero-order valence-corrected chi connectivity index (χ0v) is 11.8. The van der Waals surface area contributed by atoms with Crippen molar-refractivity contribution in [2.75, 3.05) is 4.90 Å². The SMILES string of the molecule is O=C1c2ccccc2C(=O)N1c1cccc(Cl)c1CCl. The number of halogens is 2. The first-order valence-corrected chi connectivity index (χ1v) is 6.87. The summed E-state index contributed by atoms with van der Waals surface area (Å²) in [6.07, 6.45) is 0. The van der Waals surface area contributed by atoms with Gasteiger partial charge in [0.15, 0.2) is 0 Å². The Bertz CT molecular complexity index is 693. The molecular formula is C15H9Cl2NO2. The fourth-order valence-corrected chi connectivity index (χ4v) is 2.88. The monoisotopic (exact) mass is 305 g/mol. The first kappa shape index (κ1) is 13.2. The van der Waals surface area contributed by atoms with Gasteiger partial charge in [0.2, 0.25) is 0 Å². The largest absolute Gasteiger partial charge is 0.268 e. The molecule has 0 saturated carbocycles. The molecule has 0 spiro atoms. The van der Waals surface area contributed by atoms with Gasteiger partial charge in [0.05, 0.1) is 22.7 Å². The molecule has 0 aliphatic carbocycles. The minimum absolute atomic E-state index is 0.127. The minimum Gasteiger partial charge on any atom is -0.268 e. The van der Waals surface area contributed by atoms with Crippen molar-refractivity contribution in [2.45, 2.75) is 5.88 Å². The van der Waals surface area contributed by atoms with Crippen molar-refractivity contribution in [2.24, 2.45) is 0 Å². The van der Waals surface area contributed by atoms with E-state index in [1.165, 1.54) is 0 Å². The normalized spacial score (nSPS) is 13.8. The summed E-state index contributed by atoms with van der Waals surface area (Å²) >= 11 is 12.0. The molecule has 0 N–H and O–H groups in total. The van der Waals surface area contributed by atoms with Crippen molar-refractivity contribution in [3.63, 3.8) is 0 Å². The van der Waals surface area contributed by atoms with Crippen LogP contribution < -0.4 is 4.90 Å². The fraction of sp³-hybridized carbons (Fsp3) is 0.0667. The van der Waals surface area contributed by atoms with Gasteiger partial charge in [-0.15, -0.1) is 11.6 Å². The van der Waals surface area contributed by atoms with E-state index in [0.717, 1.165) is 4.90 Å². The Labute approximate surface area is 125 Å². The van der Waals surface area contributed by atoms with E-state index in [0.29, 0.717) is 27.4 Å². The summed E-state index contributed by atoms with van der Waals surface area (Å²) < 4.78 is 0.